The summed E-state index contributed by atoms with van der Waals surface area (Å²) in [5.74, 6) is 0.754. The monoisotopic (exact) mass is 211 g/mol. The smallest absolute Gasteiger partial charge is 0.183 e. The first-order chi connectivity index (χ1) is 6.66. The number of hydrogen-bond donors (Lipinski definition) is 2. The molecule has 1 saturated carbocycles. The van der Waals surface area contributed by atoms with Crippen LogP contribution in [0.1, 0.15) is 23.4 Å². The number of aromatic nitrogens is 1. The minimum absolute atomic E-state index is 0.305. The lowest BCUT2D eigenvalue weighted by Gasteiger charge is -2.09. The number of nitrogens with two attached hydrogens (primary N) is 1. The predicted octanol–water partition coefficient (Wildman–Crippen LogP) is 1.91. The molecule has 0 saturated heterocycles. The van der Waals surface area contributed by atoms with E-state index in [0.717, 1.165) is 23.3 Å². The van der Waals surface area contributed by atoms with Crippen molar-refractivity contribution in [1.29, 1.82) is 0 Å². The standard InChI is InChI=1S/C10H17N3S/c1-6-7(2)14-10(13-6)12-5-9(11)8-3-4-8/h8-9H,3-5,11H2,1-2H3,(H,12,13). The first kappa shape index (κ1) is 9.93. The highest BCUT2D eigenvalue weighted by Crippen LogP contribution is 2.31. The fourth-order valence-corrected chi connectivity index (χ4v) is 2.27. The van der Waals surface area contributed by atoms with E-state index >= 15 is 0 Å². The molecule has 3 nitrogen and oxygen atoms in total. The molecule has 0 amide bonds. The van der Waals surface area contributed by atoms with Crippen molar-refractivity contribution in [1.82, 2.24) is 4.98 Å². The molecule has 1 aliphatic rings. The van der Waals surface area contributed by atoms with Gasteiger partial charge in [0.05, 0.1) is 5.69 Å². The molecule has 0 spiro atoms. The molecular formula is C10H17N3S. The topological polar surface area (TPSA) is 50.9 Å². The van der Waals surface area contributed by atoms with Crippen LogP contribution in [0, 0.1) is 19.8 Å². The minimum atomic E-state index is 0.305. The van der Waals surface area contributed by atoms with Crippen LogP contribution in [0.3, 0.4) is 0 Å². The van der Waals surface area contributed by atoms with Crippen molar-refractivity contribution in [3.63, 3.8) is 0 Å². The Bertz CT molecular complexity index is 298. The first-order valence-electron chi connectivity index (χ1n) is 5.10. The van der Waals surface area contributed by atoms with E-state index < -0.39 is 0 Å². The summed E-state index contributed by atoms with van der Waals surface area (Å²) in [6, 6.07) is 0.305. The maximum Gasteiger partial charge on any atom is 0.183 e. The van der Waals surface area contributed by atoms with Gasteiger partial charge in [-0.15, -0.1) is 11.3 Å². The Hall–Kier alpha value is -0.610. The van der Waals surface area contributed by atoms with Crippen molar-refractivity contribution < 1.29 is 0 Å². The van der Waals surface area contributed by atoms with E-state index in [0.29, 0.717) is 6.04 Å². The molecule has 1 aromatic heterocycles. The minimum Gasteiger partial charge on any atom is -0.360 e. The van der Waals surface area contributed by atoms with Crippen molar-refractivity contribution in [2.75, 3.05) is 11.9 Å². The lowest BCUT2D eigenvalue weighted by molar-refractivity contribution is 0.620. The van der Waals surface area contributed by atoms with Crippen LogP contribution >= 0.6 is 11.3 Å². The number of hydrogen-bond acceptors (Lipinski definition) is 4. The largest absolute Gasteiger partial charge is 0.360 e. The summed E-state index contributed by atoms with van der Waals surface area (Å²) in [5.41, 5.74) is 7.11. The normalized spacial score (nSPS) is 18.2. The number of thiazole rings is 1. The zero-order valence-corrected chi connectivity index (χ0v) is 9.53. The molecule has 1 fully saturated rings. The number of anilines is 1. The summed E-state index contributed by atoms with van der Waals surface area (Å²) in [6.07, 6.45) is 2.61. The second-order valence-electron chi connectivity index (χ2n) is 4.04. The second kappa shape index (κ2) is 3.87. The average molecular weight is 211 g/mol. The Morgan fingerprint density at radius 1 is 1.57 bits per heavy atom. The number of aryl methyl sites for hydroxylation is 2. The quantitative estimate of drug-likeness (QED) is 0.800. The summed E-state index contributed by atoms with van der Waals surface area (Å²) < 4.78 is 0. The second-order valence-corrected chi connectivity index (χ2v) is 5.25. The summed E-state index contributed by atoms with van der Waals surface area (Å²) in [6.45, 7) is 4.99. The highest BCUT2D eigenvalue weighted by Gasteiger charge is 2.28. The van der Waals surface area contributed by atoms with E-state index in [2.05, 4.69) is 17.2 Å². The van der Waals surface area contributed by atoms with Crippen LogP contribution in [0.2, 0.25) is 0 Å². The molecule has 0 aromatic carbocycles. The van der Waals surface area contributed by atoms with Crippen LogP contribution in [0.25, 0.3) is 0 Å². The molecule has 78 valence electrons. The van der Waals surface area contributed by atoms with Crippen molar-refractivity contribution in [2.45, 2.75) is 32.7 Å². The van der Waals surface area contributed by atoms with E-state index in [1.54, 1.807) is 11.3 Å². The lowest BCUT2D eigenvalue weighted by atomic mass is 10.2. The molecule has 0 aliphatic heterocycles. The number of rotatable bonds is 4. The molecule has 1 aliphatic carbocycles. The molecule has 1 aromatic rings. The number of nitrogens with zero attached hydrogens (tertiary/aromatic N) is 1. The average Bonchev–Trinajstić information content (AvgIpc) is 2.92. The highest BCUT2D eigenvalue weighted by molar-refractivity contribution is 7.15. The van der Waals surface area contributed by atoms with Gasteiger partial charge in [0, 0.05) is 17.5 Å². The van der Waals surface area contributed by atoms with Crippen LogP contribution in [-0.2, 0) is 0 Å². The van der Waals surface area contributed by atoms with Crippen LogP contribution < -0.4 is 11.1 Å². The molecule has 0 radical (unpaired) electrons. The third-order valence-electron chi connectivity index (χ3n) is 2.75. The van der Waals surface area contributed by atoms with Crippen LogP contribution in [-0.4, -0.2) is 17.6 Å². The zero-order chi connectivity index (χ0) is 10.1. The van der Waals surface area contributed by atoms with Gasteiger partial charge in [0.25, 0.3) is 0 Å². The Kier molecular flexibility index (Phi) is 2.74. The molecule has 2 rings (SSSR count). The first-order valence-corrected chi connectivity index (χ1v) is 5.92. The number of nitrogens with one attached hydrogen (secondary N) is 1. The van der Waals surface area contributed by atoms with Gasteiger partial charge in [-0.05, 0) is 32.6 Å². The van der Waals surface area contributed by atoms with Gasteiger partial charge in [-0.25, -0.2) is 4.98 Å². The third kappa shape index (κ3) is 2.25. The lowest BCUT2D eigenvalue weighted by Crippen LogP contribution is -2.30. The summed E-state index contributed by atoms with van der Waals surface area (Å²) in [7, 11) is 0. The summed E-state index contributed by atoms with van der Waals surface area (Å²) in [4.78, 5) is 5.70. The maximum atomic E-state index is 5.99. The van der Waals surface area contributed by atoms with E-state index in [-0.39, 0.29) is 0 Å². The fourth-order valence-electron chi connectivity index (χ4n) is 1.44. The fraction of sp³-hybridized carbons (Fsp3) is 0.700. The van der Waals surface area contributed by atoms with E-state index in [4.69, 9.17) is 5.73 Å². The van der Waals surface area contributed by atoms with Crippen molar-refractivity contribution >= 4 is 16.5 Å². The van der Waals surface area contributed by atoms with E-state index in [1.165, 1.54) is 17.7 Å². The Balaban J connectivity index is 1.84. The van der Waals surface area contributed by atoms with Crippen molar-refractivity contribution in [3.05, 3.63) is 10.6 Å². The van der Waals surface area contributed by atoms with Crippen LogP contribution in [0.5, 0.6) is 0 Å². The molecule has 1 atom stereocenters. The molecule has 4 heteroatoms. The highest BCUT2D eigenvalue weighted by atomic mass is 32.1. The van der Waals surface area contributed by atoms with Crippen LogP contribution in [0.4, 0.5) is 5.13 Å². The Morgan fingerprint density at radius 2 is 2.29 bits per heavy atom. The summed E-state index contributed by atoms with van der Waals surface area (Å²) in [5, 5.41) is 4.32. The molecule has 0 bridgehead atoms. The summed E-state index contributed by atoms with van der Waals surface area (Å²) >= 11 is 1.71. The van der Waals surface area contributed by atoms with Crippen molar-refractivity contribution in [3.8, 4) is 0 Å². The van der Waals surface area contributed by atoms with Gasteiger partial charge in [-0.3, -0.25) is 0 Å². The van der Waals surface area contributed by atoms with Gasteiger partial charge in [-0.2, -0.15) is 0 Å². The van der Waals surface area contributed by atoms with Gasteiger partial charge in [0.1, 0.15) is 0 Å². The third-order valence-corrected chi connectivity index (χ3v) is 3.78. The van der Waals surface area contributed by atoms with Gasteiger partial charge in [-0.1, -0.05) is 0 Å². The Labute approximate surface area is 88.7 Å². The van der Waals surface area contributed by atoms with E-state index in [9.17, 15) is 0 Å². The Morgan fingerprint density at radius 3 is 2.79 bits per heavy atom. The van der Waals surface area contributed by atoms with Gasteiger partial charge >= 0.3 is 0 Å². The SMILES string of the molecule is Cc1nc(NCC(N)C2CC2)sc1C. The molecule has 14 heavy (non-hydrogen) atoms. The molecule has 1 unspecified atom stereocenters. The van der Waals surface area contributed by atoms with Crippen molar-refractivity contribution in [2.24, 2.45) is 11.7 Å². The van der Waals surface area contributed by atoms with E-state index in [1.807, 2.05) is 6.92 Å². The van der Waals surface area contributed by atoms with Crippen LogP contribution in [0.15, 0.2) is 0 Å². The van der Waals surface area contributed by atoms with Gasteiger partial charge in [0.2, 0.25) is 0 Å². The maximum absolute atomic E-state index is 5.99. The van der Waals surface area contributed by atoms with Gasteiger partial charge in [0.15, 0.2) is 5.13 Å². The molecule has 1 heterocycles. The molecule has 3 N–H and O–H groups in total. The predicted molar refractivity (Wildman–Crippen MR) is 60.8 cm³/mol. The van der Waals surface area contributed by atoms with Gasteiger partial charge < -0.3 is 11.1 Å². The molecular weight excluding hydrogens is 194 g/mol. The zero-order valence-electron chi connectivity index (χ0n) is 8.71.